The van der Waals surface area contributed by atoms with Gasteiger partial charge in [-0.2, -0.15) is 10.2 Å². The Hall–Kier alpha value is -1.49. The first kappa shape index (κ1) is 13.9. The van der Waals surface area contributed by atoms with Crippen molar-refractivity contribution < 1.29 is 0 Å². The van der Waals surface area contributed by atoms with E-state index in [1.54, 1.807) is 0 Å². The maximum Gasteiger partial charge on any atom is 0.0648 e. The molecule has 0 spiro atoms. The van der Waals surface area contributed by atoms with E-state index in [9.17, 15) is 0 Å². The maximum atomic E-state index is 6.00. The highest BCUT2D eigenvalue weighted by molar-refractivity contribution is 6.30. The standard InChI is InChI=1S/C14H17ClN4/c1-9-6-13(10(2)19-18-9)14(17-16)8-11-4-3-5-12(15)7-11/h3-7,14,17H,8,16H2,1-2H3. The third kappa shape index (κ3) is 3.50. The number of nitrogens with two attached hydrogens (primary N) is 1. The van der Waals surface area contributed by atoms with Crippen LogP contribution in [0.3, 0.4) is 0 Å². The lowest BCUT2D eigenvalue weighted by Crippen LogP contribution is -2.30. The molecular weight excluding hydrogens is 260 g/mol. The molecule has 4 nitrogen and oxygen atoms in total. The highest BCUT2D eigenvalue weighted by Crippen LogP contribution is 2.21. The molecule has 1 heterocycles. The van der Waals surface area contributed by atoms with Gasteiger partial charge in [0, 0.05) is 5.02 Å². The van der Waals surface area contributed by atoms with E-state index in [4.69, 9.17) is 17.4 Å². The summed E-state index contributed by atoms with van der Waals surface area (Å²) in [5.74, 6) is 5.68. The summed E-state index contributed by atoms with van der Waals surface area (Å²) in [7, 11) is 0. The molecule has 0 bridgehead atoms. The Morgan fingerprint density at radius 1 is 1.26 bits per heavy atom. The Kier molecular flexibility index (Phi) is 4.47. The van der Waals surface area contributed by atoms with Gasteiger partial charge in [-0.1, -0.05) is 23.7 Å². The van der Waals surface area contributed by atoms with Gasteiger partial charge in [0.05, 0.1) is 17.4 Å². The first-order valence-corrected chi connectivity index (χ1v) is 6.49. The molecule has 0 aliphatic heterocycles. The summed E-state index contributed by atoms with van der Waals surface area (Å²) >= 11 is 6.00. The minimum Gasteiger partial charge on any atom is -0.271 e. The SMILES string of the molecule is Cc1cc(C(Cc2cccc(Cl)c2)NN)c(C)nn1. The molecule has 5 heteroatoms. The van der Waals surface area contributed by atoms with Crippen molar-refractivity contribution in [1.29, 1.82) is 0 Å². The van der Waals surface area contributed by atoms with Crippen molar-refractivity contribution in [3.8, 4) is 0 Å². The van der Waals surface area contributed by atoms with Crippen molar-refractivity contribution in [2.75, 3.05) is 0 Å². The molecular formula is C14H17ClN4. The molecule has 0 saturated heterocycles. The van der Waals surface area contributed by atoms with Gasteiger partial charge in [-0.25, -0.2) is 0 Å². The summed E-state index contributed by atoms with van der Waals surface area (Å²) in [5.41, 5.74) is 6.80. The average Bonchev–Trinajstić information content (AvgIpc) is 2.39. The van der Waals surface area contributed by atoms with E-state index in [0.29, 0.717) is 0 Å². The van der Waals surface area contributed by atoms with E-state index in [0.717, 1.165) is 34.0 Å². The summed E-state index contributed by atoms with van der Waals surface area (Å²) in [4.78, 5) is 0. The predicted molar refractivity (Wildman–Crippen MR) is 76.7 cm³/mol. The van der Waals surface area contributed by atoms with Gasteiger partial charge in [-0.15, -0.1) is 0 Å². The lowest BCUT2D eigenvalue weighted by molar-refractivity contribution is 0.544. The zero-order valence-corrected chi connectivity index (χ0v) is 11.8. The van der Waals surface area contributed by atoms with Crippen LogP contribution in [0.1, 0.15) is 28.6 Å². The number of aromatic nitrogens is 2. The van der Waals surface area contributed by atoms with E-state index >= 15 is 0 Å². The zero-order chi connectivity index (χ0) is 13.8. The summed E-state index contributed by atoms with van der Waals surface area (Å²) in [5, 5.41) is 8.90. The average molecular weight is 277 g/mol. The summed E-state index contributed by atoms with van der Waals surface area (Å²) < 4.78 is 0. The third-order valence-corrected chi connectivity index (χ3v) is 3.28. The second-order valence-corrected chi connectivity index (χ2v) is 5.02. The summed E-state index contributed by atoms with van der Waals surface area (Å²) in [6, 6.07) is 9.79. The molecule has 1 unspecified atom stereocenters. The molecule has 2 aromatic rings. The fourth-order valence-corrected chi connectivity index (χ4v) is 2.29. The van der Waals surface area contributed by atoms with Crippen molar-refractivity contribution in [3.05, 3.63) is 57.9 Å². The summed E-state index contributed by atoms with van der Waals surface area (Å²) in [6.07, 6.45) is 0.753. The Morgan fingerprint density at radius 2 is 2.05 bits per heavy atom. The molecule has 0 saturated carbocycles. The zero-order valence-electron chi connectivity index (χ0n) is 11.0. The largest absolute Gasteiger partial charge is 0.271 e. The fourth-order valence-electron chi connectivity index (χ4n) is 2.08. The predicted octanol–water partition coefficient (Wildman–Crippen LogP) is 2.49. The smallest absolute Gasteiger partial charge is 0.0648 e. The Morgan fingerprint density at radius 3 is 2.74 bits per heavy atom. The molecule has 0 radical (unpaired) electrons. The number of aryl methyl sites for hydroxylation is 2. The number of nitrogens with one attached hydrogen (secondary N) is 1. The van der Waals surface area contributed by atoms with Gasteiger partial charge in [0.1, 0.15) is 0 Å². The van der Waals surface area contributed by atoms with Gasteiger partial charge in [-0.05, 0) is 49.6 Å². The highest BCUT2D eigenvalue weighted by atomic mass is 35.5. The molecule has 1 atom stereocenters. The van der Waals surface area contributed by atoms with Crippen LogP contribution < -0.4 is 11.3 Å². The quantitative estimate of drug-likeness (QED) is 0.665. The Bertz CT molecular complexity index is 571. The molecule has 1 aromatic carbocycles. The van der Waals surface area contributed by atoms with Crippen molar-refractivity contribution in [2.45, 2.75) is 26.3 Å². The minimum atomic E-state index is -0.00679. The monoisotopic (exact) mass is 276 g/mol. The van der Waals surface area contributed by atoms with E-state index in [1.807, 2.05) is 44.2 Å². The van der Waals surface area contributed by atoms with Crippen LogP contribution in [-0.4, -0.2) is 10.2 Å². The molecule has 0 fully saturated rings. The molecule has 3 N–H and O–H groups in total. The van der Waals surface area contributed by atoms with Gasteiger partial charge in [0.15, 0.2) is 0 Å². The van der Waals surface area contributed by atoms with Gasteiger partial charge in [0.25, 0.3) is 0 Å². The molecule has 0 amide bonds. The van der Waals surface area contributed by atoms with Crippen LogP contribution in [0.25, 0.3) is 0 Å². The normalized spacial score (nSPS) is 12.4. The van der Waals surface area contributed by atoms with E-state index in [1.165, 1.54) is 0 Å². The Balaban J connectivity index is 2.27. The van der Waals surface area contributed by atoms with Gasteiger partial charge >= 0.3 is 0 Å². The second kappa shape index (κ2) is 6.10. The maximum absolute atomic E-state index is 6.00. The van der Waals surface area contributed by atoms with Crippen LogP contribution in [0.5, 0.6) is 0 Å². The number of hydrazine groups is 1. The molecule has 0 aliphatic carbocycles. The lowest BCUT2D eigenvalue weighted by atomic mass is 9.98. The van der Waals surface area contributed by atoms with Crippen LogP contribution in [0.4, 0.5) is 0 Å². The molecule has 19 heavy (non-hydrogen) atoms. The molecule has 2 rings (SSSR count). The number of nitrogens with zero attached hydrogens (tertiary/aromatic N) is 2. The molecule has 100 valence electrons. The fraction of sp³-hybridized carbons (Fsp3) is 0.286. The number of hydrogen-bond acceptors (Lipinski definition) is 4. The first-order valence-electron chi connectivity index (χ1n) is 6.11. The van der Waals surface area contributed by atoms with Crippen LogP contribution in [0, 0.1) is 13.8 Å². The first-order chi connectivity index (χ1) is 9.10. The van der Waals surface area contributed by atoms with Crippen molar-refractivity contribution in [2.24, 2.45) is 5.84 Å². The Labute approximate surface area is 118 Å². The summed E-state index contributed by atoms with van der Waals surface area (Å²) in [6.45, 7) is 3.85. The van der Waals surface area contributed by atoms with Crippen LogP contribution in [0.15, 0.2) is 30.3 Å². The third-order valence-electron chi connectivity index (χ3n) is 3.05. The van der Waals surface area contributed by atoms with Crippen LogP contribution >= 0.6 is 11.6 Å². The van der Waals surface area contributed by atoms with E-state index in [-0.39, 0.29) is 6.04 Å². The van der Waals surface area contributed by atoms with Crippen LogP contribution in [0.2, 0.25) is 5.02 Å². The number of hydrogen-bond donors (Lipinski definition) is 2. The number of benzene rings is 1. The number of halogens is 1. The van der Waals surface area contributed by atoms with Crippen molar-refractivity contribution in [1.82, 2.24) is 15.6 Å². The minimum absolute atomic E-state index is 0.00679. The van der Waals surface area contributed by atoms with Gasteiger partial charge in [0.2, 0.25) is 0 Å². The van der Waals surface area contributed by atoms with Gasteiger partial charge in [-0.3, -0.25) is 11.3 Å². The molecule has 1 aromatic heterocycles. The van der Waals surface area contributed by atoms with Crippen molar-refractivity contribution >= 4 is 11.6 Å². The lowest BCUT2D eigenvalue weighted by Gasteiger charge is -2.18. The highest BCUT2D eigenvalue weighted by Gasteiger charge is 2.14. The van der Waals surface area contributed by atoms with Crippen LogP contribution in [-0.2, 0) is 6.42 Å². The topological polar surface area (TPSA) is 63.8 Å². The van der Waals surface area contributed by atoms with Crippen molar-refractivity contribution in [3.63, 3.8) is 0 Å². The van der Waals surface area contributed by atoms with Gasteiger partial charge < -0.3 is 0 Å². The second-order valence-electron chi connectivity index (χ2n) is 4.58. The molecule has 0 aliphatic rings. The van der Waals surface area contributed by atoms with E-state index in [2.05, 4.69) is 15.6 Å². The number of rotatable bonds is 4. The van der Waals surface area contributed by atoms with E-state index < -0.39 is 0 Å².